The lowest BCUT2D eigenvalue weighted by Crippen LogP contribution is -2.23. The molecule has 0 aromatic heterocycles. The average Bonchev–Trinajstić information content (AvgIpc) is 2.92. The van der Waals surface area contributed by atoms with Gasteiger partial charge >= 0.3 is 5.97 Å². The summed E-state index contributed by atoms with van der Waals surface area (Å²) in [6.07, 6.45) is 0. The molecular weight excluding hydrogens is 298 g/mol. The maximum Gasteiger partial charge on any atom is 0.308 e. The minimum Gasteiger partial charge on any atom is -0.481 e. The first-order valence-electron chi connectivity index (χ1n) is 7.38. The van der Waals surface area contributed by atoms with Crippen LogP contribution in [0.2, 0.25) is 5.02 Å². The Balaban J connectivity index is 1.81. The molecule has 0 amide bonds. The smallest absolute Gasteiger partial charge is 0.308 e. The minimum absolute atomic E-state index is 0.0603. The van der Waals surface area contributed by atoms with E-state index in [1.54, 1.807) is 0 Å². The fraction of sp³-hybridized carbons (Fsp3) is 0.278. The van der Waals surface area contributed by atoms with Crippen molar-refractivity contribution < 1.29 is 9.90 Å². The number of hydrogen-bond acceptors (Lipinski definition) is 2. The van der Waals surface area contributed by atoms with Gasteiger partial charge in [0.25, 0.3) is 0 Å². The van der Waals surface area contributed by atoms with Gasteiger partial charge in [-0.2, -0.15) is 0 Å². The van der Waals surface area contributed by atoms with E-state index in [-0.39, 0.29) is 5.92 Å². The summed E-state index contributed by atoms with van der Waals surface area (Å²) in [4.78, 5) is 13.8. The largest absolute Gasteiger partial charge is 0.481 e. The van der Waals surface area contributed by atoms with Gasteiger partial charge in [-0.3, -0.25) is 9.69 Å². The highest BCUT2D eigenvalue weighted by molar-refractivity contribution is 6.31. The zero-order chi connectivity index (χ0) is 15.5. The Morgan fingerprint density at radius 3 is 2.45 bits per heavy atom. The third-order valence-corrected chi connectivity index (χ3v) is 4.61. The highest BCUT2D eigenvalue weighted by Gasteiger charge is 2.39. The summed E-state index contributed by atoms with van der Waals surface area (Å²) >= 11 is 6.27. The summed E-state index contributed by atoms with van der Waals surface area (Å²) in [7, 11) is 0. The molecule has 22 heavy (non-hydrogen) atoms. The van der Waals surface area contributed by atoms with Crippen molar-refractivity contribution >= 4 is 17.6 Å². The van der Waals surface area contributed by atoms with Crippen LogP contribution in [0.4, 0.5) is 0 Å². The van der Waals surface area contributed by atoms with Gasteiger partial charge in [0.05, 0.1) is 5.92 Å². The van der Waals surface area contributed by atoms with E-state index in [0.29, 0.717) is 11.6 Å². The van der Waals surface area contributed by atoms with Crippen molar-refractivity contribution in [2.24, 2.45) is 5.92 Å². The number of aliphatic carboxylic acids is 1. The second kappa shape index (κ2) is 6.51. The monoisotopic (exact) mass is 315 g/mol. The van der Waals surface area contributed by atoms with Gasteiger partial charge in [-0.15, -0.1) is 0 Å². The number of rotatable bonds is 4. The van der Waals surface area contributed by atoms with Crippen LogP contribution in [-0.2, 0) is 11.3 Å². The van der Waals surface area contributed by atoms with E-state index in [2.05, 4.69) is 17.0 Å². The summed E-state index contributed by atoms with van der Waals surface area (Å²) in [6.45, 7) is 2.04. The molecular formula is C18H18ClNO2. The number of nitrogens with zero attached hydrogens (tertiary/aromatic N) is 1. The fourth-order valence-electron chi connectivity index (χ4n) is 3.20. The lowest BCUT2D eigenvalue weighted by Gasteiger charge is -2.17. The van der Waals surface area contributed by atoms with Gasteiger partial charge in [0, 0.05) is 30.6 Å². The average molecular weight is 316 g/mol. The van der Waals surface area contributed by atoms with Gasteiger partial charge in [0.2, 0.25) is 0 Å². The summed E-state index contributed by atoms with van der Waals surface area (Å²) in [5.41, 5.74) is 2.14. The van der Waals surface area contributed by atoms with Crippen molar-refractivity contribution in [2.45, 2.75) is 12.5 Å². The fourth-order valence-corrected chi connectivity index (χ4v) is 3.47. The first-order valence-corrected chi connectivity index (χ1v) is 7.76. The van der Waals surface area contributed by atoms with Crippen molar-refractivity contribution in [3.05, 3.63) is 70.7 Å². The lowest BCUT2D eigenvalue weighted by atomic mass is 9.89. The van der Waals surface area contributed by atoms with Crippen molar-refractivity contribution in [3.8, 4) is 0 Å². The number of carbonyl (C=O) groups is 1. The SMILES string of the molecule is O=C(O)[C@H]1CN(Cc2ccccc2)C[C@H]1c1ccccc1Cl. The van der Waals surface area contributed by atoms with Crippen LogP contribution in [0, 0.1) is 5.92 Å². The Kier molecular flexibility index (Phi) is 4.46. The highest BCUT2D eigenvalue weighted by Crippen LogP contribution is 2.36. The van der Waals surface area contributed by atoms with Crippen LogP contribution in [0.3, 0.4) is 0 Å². The van der Waals surface area contributed by atoms with Gasteiger partial charge < -0.3 is 5.11 Å². The Labute approximate surface area is 135 Å². The molecule has 2 atom stereocenters. The maximum atomic E-state index is 11.6. The van der Waals surface area contributed by atoms with Crippen molar-refractivity contribution in [1.82, 2.24) is 4.90 Å². The molecule has 1 N–H and O–H groups in total. The highest BCUT2D eigenvalue weighted by atomic mass is 35.5. The molecule has 114 valence electrons. The predicted octanol–water partition coefficient (Wildman–Crippen LogP) is 3.64. The summed E-state index contributed by atoms with van der Waals surface area (Å²) in [6, 6.07) is 17.7. The molecule has 3 nitrogen and oxygen atoms in total. The van der Waals surface area contributed by atoms with E-state index in [0.717, 1.165) is 18.7 Å². The summed E-state index contributed by atoms with van der Waals surface area (Å²) in [5, 5.41) is 10.2. The zero-order valence-corrected chi connectivity index (χ0v) is 12.9. The number of carboxylic acid groups (broad SMARTS) is 1. The number of benzene rings is 2. The molecule has 2 aromatic rings. The van der Waals surface area contributed by atoms with Crippen LogP contribution in [0.5, 0.6) is 0 Å². The lowest BCUT2D eigenvalue weighted by molar-refractivity contribution is -0.141. The van der Waals surface area contributed by atoms with Gasteiger partial charge in [-0.05, 0) is 17.2 Å². The Bertz CT molecular complexity index is 659. The molecule has 1 saturated heterocycles. The van der Waals surface area contributed by atoms with Crippen LogP contribution < -0.4 is 0 Å². The van der Waals surface area contributed by atoms with Gasteiger partial charge in [0.1, 0.15) is 0 Å². The normalized spacial score (nSPS) is 21.9. The molecule has 4 heteroatoms. The van der Waals surface area contributed by atoms with Crippen LogP contribution in [0.15, 0.2) is 54.6 Å². The molecule has 0 radical (unpaired) electrons. The van der Waals surface area contributed by atoms with E-state index in [4.69, 9.17) is 11.6 Å². The van der Waals surface area contributed by atoms with Crippen molar-refractivity contribution in [2.75, 3.05) is 13.1 Å². The summed E-state index contributed by atoms with van der Waals surface area (Å²) < 4.78 is 0. The van der Waals surface area contributed by atoms with Crippen molar-refractivity contribution in [1.29, 1.82) is 0 Å². The quantitative estimate of drug-likeness (QED) is 0.936. The molecule has 0 spiro atoms. The second-order valence-corrected chi connectivity index (χ2v) is 6.16. The first kappa shape index (κ1) is 15.1. The molecule has 3 rings (SSSR count). The van der Waals surface area contributed by atoms with Gasteiger partial charge in [-0.1, -0.05) is 60.1 Å². The van der Waals surface area contributed by atoms with Gasteiger partial charge in [0.15, 0.2) is 0 Å². The van der Waals surface area contributed by atoms with Crippen LogP contribution >= 0.6 is 11.6 Å². The maximum absolute atomic E-state index is 11.6. The van der Waals surface area contributed by atoms with Crippen LogP contribution in [0.1, 0.15) is 17.0 Å². The van der Waals surface area contributed by atoms with Crippen LogP contribution in [-0.4, -0.2) is 29.1 Å². The third kappa shape index (κ3) is 3.16. The molecule has 0 bridgehead atoms. The number of likely N-dealkylation sites (tertiary alicyclic amines) is 1. The molecule has 1 heterocycles. The number of halogens is 1. The van der Waals surface area contributed by atoms with E-state index >= 15 is 0 Å². The Morgan fingerprint density at radius 1 is 1.09 bits per heavy atom. The number of carboxylic acids is 1. The molecule has 1 aliphatic rings. The van der Waals surface area contributed by atoms with E-state index in [1.165, 1.54) is 5.56 Å². The summed E-state index contributed by atoms with van der Waals surface area (Å²) in [5.74, 6) is -1.22. The third-order valence-electron chi connectivity index (χ3n) is 4.27. The molecule has 1 fully saturated rings. The standard InChI is InChI=1S/C18H18ClNO2/c19-17-9-5-4-8-14(17)15-11-20(12-16(15)18(21)22)10-13-6-2-1-3-7-13/h1-9,15-16H,10-12H2,(H,21,22)/t15-,16-/m0/s1. The van der Waals surface area contributed by atoms with Crippen molar-refractivity contribution in [3.63, 3.8) is 0 Å². The van der Waals surface area contributed by atoms with Crippen LogP contribution in [0.25, 0.3) is 0 Å². The predicted molar refractivity (Wildman–Crippen MR) is 87.0 cm³/mol. The van der Waals surface area contributed by atoms with E-state index in [1.807, 2.05) is 42.5 Å². The molecule has 0 saturated carbocycles. The number of hydrogen-bond donors (Lipinski definition) is 1. The molecule has 0 unspecified atom stereocenters. The van der Waals surface area contributed by atoms with Gasteiger partial charge in [-0.25, -0.2) is 0 Å². The first-order chi connectivity index (χ1) is 10.6. The molecule has 1 aliphatic heterocycles. The molecule has 2 aromatic carbocycles. The Hall–Kier alpha value is -1.84. The molecule has 0 aliphatic carbocycles. The zero-order valence-electron chi connectivity index (χ0n) is 12.2. The van der Waals surface area contributed by atoms with E-state index in [9.17, 15) is 9.90 Å². The topological polar surface area (TPSA) is 40.5 Å². The second-order valence-electron chi connectivity index (χ2n) is 5.75. The minimum atomic E-state index is -0.750. The Morgan fingerprint density at radius 2 is 1.77 bits per heavy atom. The van der Waals surface area contributed by atoms with E-state index < -0.39 is 11.9 Å².